The molecule has 0 radical (unpaired) electrons. The summed E-state index contributed by atoms with van der Waals surface area (Å²) in [5.74, 6) is 0.606. The van der Waals surface area contributed by atoms with Gasteiger partial charge < -0.3 is 15.2 Å². The summed E-state index contributed by atoms with van der Waals surface area (Å²) in [5, 5.41) is 15.7. The summed E-state index contributed by atoms with van der Waals surface area (Å²) in [6, 6.07) is 26.4. The predicted octanol–water partition coefficient (Wildman–Crippen LogP) is 5.45. The first kappa shape index (κ1) is 20.5. The Morgan fingerprint density at radius 2 is 1.55 bits per heavy atom. The molecule has 0 aromatic heterocycles. The van der Waals surface area contributed by atoms with E-state index in [1.54, 1.807) is 6.07 Å². The molecule has 0 aliphatic rings. The van der Waals surface area contributed by atoms with Gasteiger partial charge in [0, 0.05) is 5.56 Å². The van der Waals surface area contributed by atoms with Gasteiger partial charge in [-0.1, -0.05) is 78.9 Å². The average molecular weight is 412 g/mol. The normalized spacial score (nSPS) is 11.8. The molecule has 4 aromatic carbocycles. The molecule has 0 aliphatic heterocycles. The van der Waals surface area contributed by atoms with E-state index in [1.807, 2.05) is 92.7 Å². The van der Waals surface area contributed by atoms with Crippen LogP contribution in [0, 0.1) is 13.8 Å². The van der Waals surface area contributed by atoms with Crippen molar-refractivity contribution in [2.24, 2.45) is 0 Å². The fourth-order valence-corrected chi connectivity index (χ4v) is 3.92. The minimum Gasteiger partial charge on any atom is -0.508 e. The highest BCUT2D eigenvalue weighted by Gasteiger charge is 2.22. The molecular formula is C27H25NO3. The molecule has 0 aliphatic carbocycles. The molecule has 4 rings (SSSR count). The SMILES string of the molecule is Cc1cccc(C)c1OCC(=O)NC(c1ccccc1)c1c(O)ccc2ccccc12. The number of para-hydroxylation sites is 1. The van der Waals surface area contributed by atoms with Crippen molar-refractivity contribution in [3.8, 4) is 11.5 Å². The molecule has 31 heavy (non-hydrogen) atoms. The Morgan fingerprint density at radius 3 is 2.29 bits per heavy atom. The molecule has 0 spiro atoms. The lowest BCUT2D eigenvalue weighted by Crippen LogP contribution is -2.33. The summed E-state index contributed by atoms with van der Waals surface area (Å²) in [4.78, 5) is 12.9. The van der Waals surface area contributed by atoms with Gasteiger partial charge in [0.05, 0.1) is 6.04 Å². The van der Waals surface area contributed by atoms with Crippen molar-refractivity contribution in [3.63, 3.8) is 0 Å². The summed E-state index contributed by atoms with van der Waals surface area (Å²) in [6.45, 7) is 3.81. The first-order valence-corrected chi connectivity index (χ1v) is 10.3. The second-order valence-electron chi connectivity index (χ2n) is 7.64. The van der Waals surface area contributed by atoms with Crippen LogP contribution in [0.2, 0.25) is 0 Å². The van der Waals surface area contributed by atoms with E-state index >= 15 is 0 Å². The Kier molecular flexibility index (Phi) is 5.89. The number of rotatable bonds is 6. The largest absolute Gasteiger partial charge is 0.508 e. The first-order valence-electron chi connectivity index (χ1n) is 10.3. The van der Waals surface area contributed by atoms with E-state index in [0.717, 1.165) is 33.2 Å². The van der Waals surface area contributed by atoms with Crippen molar-refractivity contribution < 1.29 is 14.6 Å². The summed E-state index contributed by atoms with van der Waals surface area (Å²) in [5.41, 5.74) is 3.53. The third-order valence-electron chi connectivity index (χ3n) is 5.43. The number of phenolic OH excluding ortho intramolecular Hbond substituents is 1. The molecule has 0 fully saturated rings. The second-order valence-corrected chi connectivity index (χ2v) is 7.64. The van der Waals surface area contributed by atoms with E-state index in [-0.39, 0.29) is 18.3 Å². The number of nitrogens with one attached hydrogen (secondary N) is 1. The third-order valence-corrected chi connectivity index (χ3v) is 5.43. The summed E-state index contributed by atoms with van der Waals surface area (Å²) >= 11 is 0. The van der Waals surface area contributed by atoms with Crippen LogP contribution in [0.15, 0.2) is 84.9 Å². The Morgan fingerprint density at radius 1 is 0.871 bits per heavy atom. The number of aryl methyl sites for hydroxylation is 2. The fourth-order valence-electron chi connectivity index (χ4n) is 3.92. The number of fused-ring (bicyclic) bond motifs is 1. The molecule has 0 heterocycles. The van der Waals surface area contributed by atoms with Crippen molar-refractivity contribution in [3.05, 3.63) is 107 Å². The highest BCUT2D eigenvalue weighted by atomic mass is 16.5. The molecule has 4 aromatic rings. The van der Waals surface area contributed by atoms with Gasteiger partial charge in [0.2, 0.25) is 0 Å². The van der Waals surface area contributed by atoms with E-state index < -0.39 is 6.04 Å². The summed E-state index contributed by atoms with van der Waals surface area (Å²) in [7, 11) is 0. The number of hydrogen-bond acceptors (Lipinski definition) is 3. The van der Waals surface area contributed by atoms with Crippen molar-refractivity contribution >= 4 is 16.7 Å². The van der Waals surface area contributed by atoms with Gasteiger partial charge in [0.1, 0.15) is 11.5 Å². The van der Waals surface area contributed by atoms with Crippen LogP contribution < -0.4 is 10.1 Å². The van der Waals surface area contributed by atoms with E-state index in [2.05, 4.69) is 5.32 Å². The number of carbonyl (C=O) groups is 1. The number of carbonyl (C=O) groups excluding carboxylic acids is 1. The molecule has 0 bridgehead atoms. The maximum absolute atomic E-state index is 12.9. The number of phenols is 1. The van der Waals surface area contributed by atoms with E-state index in [4.69, 9.17) is 4.74 Å². The maximum atomic E-state index is 12.9. The highest BCUT2D eigenvalue weighted by Crippen LogP contribution is 2.35. The van der Waals surface area contributed by atoms with Gasteiger partial charge in [-0.05, 0) is 47.4 Å². The standard InChI is InChI=1S/C27H25NO3/c1-18-9-8-10-19(2)27(18)31-17-24(30)28-26(21-12-4-3-5-13-21)25-22-14-7-6-11-20(22)15-16-23(25)29/h3-16,26,29H,17H2,1-2H3,(H,28,30). The highest BCUT2D eigenvalue weighted by molar-refractivity contribution is 5.89. The topological polar surface area (TPSA) is 58.6 Å². The van der Waals surface area contributed by atoms with Crippen LogP contribution >= 0.6 is 0 Å². The smallest absolute Gasteiger partial charge is 0.258 e. The van der Waals surface area contributed by atoms with Crippen LogP contribution in [-0.4, -0.2) is 17.6 Å². The second kappa shape index (κ2) is 8.92. The van der Waals surface area contributed by atoms with Crippen LogP contribution in [0.4, 0.5) is 0 Å². The zero-order valence-electron chi connectivity index (χ0n) is 17.6. The van der Waals surface area contributed by atoms with Crippen molar-refractivity contribution in [2.75, 3.05) is 6.61 Å². The predicted molar refractivity (Wildman–Crippen MR) is 123 cm³/mol. The number of aromatic hydroxyl groups is 1. The molecule has 1 atom stereocenters. The Labute approximate surface area is 182 Å². The molecule has 4 nitrogen and oxygen atoms in total. The number of benzene rings is 4. The maximum Gasteiger partial charge on any atom is 0.258 e. The van der Waals surface area contributed by atoms with Crippen LogP contribution in [0.25, 0.3) is 10.8 Å². The third kappa shape index (κ3) is 4.38. The summed E-state index contributed by atoms with van der Waals surface area (Å²) < 4.78 is 5.85. The molecule has 2 N–H and O–H groups in total. The molecule has 1 unspecified atom stereocenters. The van der Waals surface area contributed by atoms with Crippen molar-refractivity contribution in [1.82, 2.24) is 5.32 Å². The van der Waals surface area contributed by atoms with Gasteiger partial charge in [-0.25, -0.2) is 0 Å². The molecule has 0 saturated heterocycles. The first-order chi connectivity index (χ1) is 15.0. The lowest BCUT2D eigenvalue weighted by atomic mass is 9.92. The number of ether oxygens (including phenoxy) is 1. The van der Waals surface area contributed by atoms with Gasteiger partial charge in [0.25, 0.3) is 5.91 Å². The Bertz CT molecular complexity index is 1200. The molecule has 156 valence electrons. The Balaban J connectivity index is 1.66. The van der Waals surface area contributed by atoms with Gasteiger partial charge >= 0.3 is 0 Å². The quantitative estimate of drug-likeness (QED) is 0.444. The van der Waals surface area contributed by atoms with Crippen molar-refractivity contribution in [2.45, 2.75) is 19.9 Å². The zero-order chi connectivity index (χ0) is 21.8. The summed E-state index contributed by atoms with van der Waals surface area (Å²) in [6.07, 6.45) is 0. The lowest BCUT2D eigenvalue weighted by Gasteiger charge is -2.23. The van der Waals surface area contributed by atoms with Crippen LogP contribution in [0.5, 0.6) is 11.5 Å². The van der Waals surface area contributed by atoms with Gasteiger partial charge in [0.15, 0.2) is 6.61 Å². The fraction of sp³-hybridized carbons (Fsp3) is 0.148. The van der Waals surface area contributed by atoms with Crippen LogP contribution in [-0.2, 0) is 4.79 Å². The van der Waals surface area contributed by atoms with E-state index in [9.17, 15) is 9.90 Å². The minimum absolute atomic E-state index is 0.111. The van der Waals surface area contributed by atoms with Crippen molar-refractivity contribution in [1.29, 1.82) is 0 Å². The molecular weight excluding hydrogens is 386 g/mol. The van der Waals surface area contributed by atoms with Gasteiger partial charge in [-0.15, -0.1) is 0 Å². The van der Waals surface area contributed by atoms with Gasteiger partial charge in [-0.2, -0.15) is 0 Å². The molecule has 1 amide bonds. The van der Waals surface area contributed by atoms with Crippen LogP contribution in [0.1, 0.15) is 28.3 Å². The number of amides is 1. The monoisotopic (exact) mass is 411 g/mol. The molecule has 4 heteroatoms. The van der Waals surface area contributed by atoms with E-state index in [0.29, 0.717) is 5.56 Å². The van der Waals surface area contributed by atoms with Crippen LogP contribution in [0.3, 0.4) is 0 Å². The zero-order valence-corrected chi connectivity index (χ0v) is 17.6. The Hall–Kier alpha value is -3.79. The molecule has 0 saturated carbocycles. The average Bonchev–Trinajstić information content (AvgIpc) is 2.78. The number of hydrogen-bond donors (Lipinski definition) is 2. The van der Waals surface area contributed by atoms with E-state index in [1.165, 1.54) is 0 Å². The minimum atomic E-state index is -0.513. The lowest BCUT2D eigenvalue weighted by molar-refractivity contribution is -0.123. The van der Waals surface area contributed by atoms with Gasteiger partial charge in [-0.3, -0.25) is 4.79 Å².